The fourth-order valence-corrected chi connectivity index (χ4v) is 0.258. The van der Waals surface area contributed by atoms with E-state index in [1.54, 1.807) is 5.01 Å². The van der Waals surface area contributed by atoms with Crippen molar-refractivity contribution >= 4 is 0 Å². The summed E-state index contributed by atoms with van der Waals surface area (Å²) in [5.41, 5.74) is 0. The second kappa shape index (κ2) is 0.698. The molecule has 0 aromatic rings. The van der Waals surface area contributed by atoms with Gasteiger partial charge in [0.15, 0.2) is 0 Å². The molecule has 0 aromatic carbocycles. The third-order valence-corrected chi connectivity index (χ3v) is 0.908. The van der Waals surface area contributed by atoms with Crippen LogP contribution in [0.4, 0.5) is 0 Å². The maximum Gasteiger partial charge on any atom is 0.0354 e. The van der Waals surface area contributed by atoms with Crippen LogP contribution in [0.25, 0.3) is 0 Å². The molecule has 2 nitrogen and oxygen atoms in total. The number of nitrogens with zero attached hydrogens (tertiary/aromatic N) is 1. The highest BCUT2D eigenvalue weighted by atomic mass is 15.5. The van der Waals surface area contributed by atoms with Crippen LogP contribution in [0, 0.1) is 0 Å². The van der Waals surface area contributed by atoms with Crippen molar-refractivity contribution < 1.29 is 0 Å². The Labute approximate surface area is 31.5 Å². The molecule has 30 valence electrons. The van der Waals surface area contributed by atoms with Crippen LogP contribution in [0.1, 0.15) is 6.92 Å². The summed E-state index contributed by atoms with van der Waals surface area (Å²) in [6.07, 6.45) is 0. The Hall–Kier alpha value is -0.0800. The Morgan fingerprint density at radius 3 is 2.20 bits per heavy atom. The molecule has 2 heteroatoms. The standard InChI is InChI=1S/C3H8N2/c1-3-2-5(3)4/h3H,2,4H2,1H3. The van der Waals surface area contributed by atoms with Gasteiger partial charge in [-0.25, -0.2) is 5.01 Å². The monoisotopic (exact) mass is 72.1 g/mol. The molecule has 0 aromatic heterocycles. The fourth-order valence-electron chi connectivity index (χ4n) is 0.258. The van der Waals surface area contributed by atoms with E-state index < -0.39 is 0 Å². The van der Waals surface area contributed by atoms with E-state index in [4.69, 9.17) is 5.84 Å². The third-order valence-electron chi connectivity index (χ3n) is 0.908. The zero-order valence-electron chi connectivity index (χ0n) is 3.31. The van der Waals surface area contributed by atoms with Gasteiger partial charge in [0.1, 0.15) is 0 Å². The summed E-state index contributed by atoms with van der Waals surface area (Å²) < 4.78 is 0. The lowest BCUT2D eigenvalue weighted by atomic mass is 10.6. The van der Waals surface area contributed by atoms with E-state index in [-0.39, 0.29) is 0 Å². The Morgan fingerprint density at radius 1 is 2.00 bits per heavy atom. The van der Waals surface area contributed by atoms with Gasteiger partial charge in [0.2, 0.25) is 0 Å². The first-order chi connectivity index (χ1) is 2.30. The molecule has 5 heavy (non-hydrogen) atoms. The molecular formula is C3H8N2. The molecule has 2 unspecified atom stereocenters. The average Bonchev–Trinajstić information content (AvgIpc) is 1.79. The summed E-state index contributed by atoms with van der Waals surface area (Å²) in [5, 5.41) is 1.79. The van der Waals surface area contributed by atoms with Gasteiger partial charge in [-0.05, 0) is 6.92 Å². The molecule has 0 amide bonds. The second-order valence-corrected chi connectivity index (χ2v) is 1.55. The zero-order chi connectivity index (χ0) is 3.86. The summed E-state index contributed by atoms with van der Waals surface area (Å²) in [4.78, 5) is 0. The highest BCUT2D eigenvalue weighted by Crippen LogP contribution is 2.06. The molecule has 1 aliphatic heterocycles. The van der Waals surface area contributed by atoms with Gasteiger partial charge < -0.3 is 0 Å². The lowest BCUT2D eigenvalue weighted by Gasteiger charge is -1.76. The molecule has 2 N–H and O–H groups in total. The SMILES string of the molecule is CC1CN1N. The van der Waals surface area contributed by atoms with Crippen LogP contribution in [0.3, 0.4) is 0 Å². The van der Waals surface area contributed by atoms with Crippen molar-refractivity contribution in [2.75, 3.05) is 6.54 Å². The third kappa shape index (κ3) is 0.412. The van der Waals surface area contributed by atoms with E-state index in [0.29, 0.717) is 6.04 Å². The molecule has 0 saturated carbocycles. The van der Waals surface area contributed by atoms with Gasteiger partial charge in [0.25, 0.3) is 0 Å². The smallest absolute Gasteiger partial charge is 0.0354 e. The van der Waals surface area contributed by atoms with Crippen molar-refractivity contribution in [3.63, 3.8) is 0 Å². The minimum atomic E-state index is 0.662. The molecule has 0 spiro atoms. The highest BCUT2D eigenvalue weighted by molar-refractivity contribution is 4.77. The minimum Gasteiger partial charge on any atom is -0.268 e. The molecule has 0 aliphatic carbocycles. The number of hydrogen-bond donors (Lipinski definition) is 1. The van der Waals surface area contributed by atoms with Crippen LogP contribution >= 0.6 is 0 Å². The summed E-state index contributed by atoms with van der Waals surface area (Å²) in [6.45, 7) is 3.18. The van der Waals surface area contributed by atoms with Crippen molar-refractivity contribution in [2.45, 2.75) is 13.0 Å². The molecule has 1 rings (SSSR count). The normalized spacial score (nSPS) is 49.2. The van der Waals surface area contributed by atoms with Gasteiger partial charge in [0.05, 0.1) is 0 Å². The number of hydrazine groups is 1. The van der Waals surface area contributed by atoms with Crippen molar-refractivity contribution in [2.24, 2.45) is 5.84 Å². The summed E-state index contributed by atoms with van der Waals surface area (Å²) in [5.74, 6) is 5.20. The molecule has 1 fully saturated rings. The second-order valence-electron chi connectivity index (χ2n) is 1.55. The molecule has 1 saturated heterocycles. The van der Waals surface area contributed by atoms with Gasteiger partial charge in [0, 0.05) is 12.6 Å². The van der Waals surface area contributed by atoms with Crippen LogP contribution in [-0.2, 0) is 0 Å². The van der Waals surface area contributed by atoms with Crippen LogP contribution in [0.5, 0.6) is 0 Å². The first-order valence-electron chi connectivity index (χ1n) is 1.82. The molecule has 0 radical (unpaired) electrons. The number of hydrogen-bond acceptors (Lipinski definition) is 2. The van der Waals surface area contributed by atoms with Gasteiger partial charge in [-0.2, -0.15) is 0 Å². The maximum absolute atomic E-state index is 5.20. The topological polar surface area (TPSA) is 29.0 Å². The first kappa shape index (κ1) is 3.12. The lowest BCUT2D eigenvalue weighted by Crippen LogP contribution is -2.06. The maximum atomic E-state index is 5.20. The van der Waals surface area contributed by atoms with E-state index in [0.717, 1.165) is 6.54 Å². The van der Waals surface area contributed by atoms with Gasteiger partial charge in [-0.1, -0.05) is 0 Å². The van der Waals surface area contributed by atoms with Gasteiger partial charge in [-0.3, -0.25) is 5.84 Å². The zero-order valence-corrected chi connectivity index (χ0v) is 3.31. The van der Waals surface area contributed by atoms with E-state index >= 15 is 0 Å². The average molecular weight is 72.1 g/mol. The molecule has 0 bridgehead atoms. The summed E-state index contributed by atoms with van der Waals surface area (Å²) in [7, 11) is 0. The largest absolute Gasteiger partial charge is 0.268 e. The van der Waals surface area contributed by atoms with Crippen molar-refractivity contribution in [1.29, 1.82) is 0 Å². The van der Waals surface area contributed by atoms with Gasteiger partial charge >= 0.3 is 0 Å². The molecule has 1 heterocycles. The van der Waals surface area contributed by atoms with Crippen molar-refractivity contribution in [3.05, 3.63) is 0 Å². The summed E-state index contributed by atoms with van der Waals surface area (Å²) in [6, 6.07) is 0.662. The Morgan fingerprint density at radius 2 is 2.20 bits per heavy atom. The van der Waals surface area contributed by atoms with Gasteiger partial charge in [-0.15, -0.1) is 0 Å². The predicted molar refractivity (Wildman–Crippen MR) is 20.4 cm³/mol. The first-order valence-corrected chi connectivity index (χ1v) is 1.82. The highest BCUT2D eigenvalue weighted by Gasteiger charge is 2.23. The van der Waals surface area contributed by atoms with E-state index in [9.17, 15) is 0 Å². The van der Waals surface area contributed by atoms with E-state index in [1.165, 1.54) is 0 Å². The molecule has 1 aliphatic rings. The minimum absolute atomic E-state index is 0.662. The van der Waals surface area contributed by atoms with Crippen LogP contribution in [0.15, 0.2) is 0 Å². The van der Waals surface area contributed by atoms with Crippen molar-refractivity contribution in [3.8, 4) is 0 Å². The van der Waals surface area contributed by atoms with Crippen LogP contribution in [-0.4, -0.2) is 17.6 Å². The van der Waals surface area contributed by atoms with Crippen LogP contribution < -0.4 is 5.84 Å². The van der Waals surface area contributed by atoms with Crippen molar-refractivity contribution in [1.82, 2.24) is 5.01 Å². The molecular weight excluding hydrogens is 64.0 g/mol. The predicted octanol–water partition coefficient (Wildman–Crippen LogP) is -0.436. The van der Waals surface area contributed by atoms with Crippen LogP contribution in [0.2, 0.25) is 0 Å². The van der Waals surface area contributed by atoms with E-state index in [1.807, 2.05) is 0 Å². The quantitative estimate of drug-likeness (QED) is 0.310. The number of nitrogens with two attached hydrogens (primary N) is 1. The number of rotatable bonds is 0. The molecule has 2 atom stereocenters. The Bertz CT molecular complexity index is 38.2. The summed E-state index contributed by atoms with van der Waals surface area (Å²) >= 11 is 0. The fraction of sp³-hybridized carbons (Fsp3) is 1.00. The van der Waals surface area contributed by atoms with E-state index in [2.05, 4.69) is 6.92 Å². The Balaban J connectivity index is 2.20. The lowest BCUT2D eigenvalue weighted by molar-refractivity contribution is 0.554. The Kier molecular flexibility index (Phi) is 0.436.